The molecular formula is C16H17F2NO. The highest BCUT2D eigenvalue weighted by Crippen LogP contribution is 2.31. The van der Waals surface area contributed by atoms with Gasteiger partial charge in [-0.15, -0.1) is 0 Å². The van der Waals surface area contributed by atoms with Crippen molar-refractivity contribution in [2.45, 2.75) is 19.9 Å². The van der Waals surface area contributed by atoms with Gasteiger partial charge in [-0.3, -0.25) is 0 Å². The Kier molecular flexibility index (Phi) is 4.23. The van der Waals surface area contributed by atoms with Crippen LogP contribution in [-0.4, -0.2) is 7.11 Å². The van der Waals surface area contributed by atoms with Crippen LogP contribution in [0.2, 0.25) is 0 Å². The fourth-order valence-corrected chi connectivity index (χ4v) is 2.21. The van der Waals surface area contributed by atoms with Gasteiger partial charge in [-0.2, -0.15) is 0 Å². The molecule has 0 saturated carbocycles. The lowest BCUT2D eigenvalue weighted by Crippen LogP contribution is -2.11. The molecule has 0 aliphatic heterocycles. The van der Waals surface area contributed by atoms with E-state index in [1.54, 1.807) is 25.1 Å². The van der Waals surface area contributed by atoms with E-state index in [1.807, 2.05) is 6.92 Å². The Morgan fingerprint density at radius 1 is 1.15 bits per heavy atom. The second kappa shape index (κ2) is 5.90. The van der Waals surface area contributed by atoms with Crippen molar-refractivity contribution >= 4 is 5.69 Å². The molecule has 1 atom stereocenters. The number of hydrogen-bond donors (Lipinski definition) is 1. The average molecular weight is 277 g/mol. The van der Waals surface area contributed by atoms with Gasteiger partial charge in [0.05, 0.1) is 18.7 Å². The number of ether oxygens (including phenoxy) is 1. The average Bonchev–Trinajstić information content (AvgIpc) is 2.41. The summed E-state index contributed by atoms with van der Waals surface area (Å²) in [5.41, 5.74) is 2.00. The van der Waals surface area contributed by atoms with E-state index < -0.39 is 0 Å². The van der Waals surface area contributed by atoms with Gasteiger partial charge in [0.25, 0.3) is 0 Å². The first-order chi connectivity index (χ1) is 9.52. The van der Waals surface area contributed by atoms with Crippen molar-refractivity contribution in [3.63, 3.8) is 0 Å². The first-order valence-corrected chi connectivity index (χ1v) is 6.38. The zero-order valence-electron chi connectivity index (χ0n) is 11.7. The molecule has 0 heterocycles. The number of halogens is 2. The number of methoxy groups -OCH3 is 1. The molecule has 2 aromatic carbocycles. The second-order valence-electron chi connectivity index (χ2n) is 4.68. The van der Waals surface area contributed by atoms with E-state index in [-0.39, 0.29) is 17.7 Å². The fraction of sp³-hybridized carbons (Fsp3) is 0.250. The zero-order valence-corrected chi connectivity index (χ0v) is 11.7. The monoisotopic (exact) mass is 277 g/mol. The molecule has 0 aliphatic carbocycles. The van der Waals surface area contributed by atoms with E-state index in [0.717, 1.165) is 11.3 Å². The molecule has 0 saturated heterocycles. The summed E-state index contributed by atoms with van der Waals surface area (Å²) >= 11 is 0. The van der Waals surface area contributed by atoms with Crippen LogP contribution in [-0.2, 0) is 0 Å². The maximum absolute atomic E-state index is 14.0. The molecule has 4 heteroatoms. The Morgan fingerprint density at radius 3 is 2.55 bits per heavy atom. The van der Waals surface area contributed by atoms with E-state index >= 15 is 0 Å². The molecule has 1 N–H and O–H groups in total. The molecular weight excluding hydrogens is 260 g/mol. The zero-order chi connectivity index (χ0) is 14.7. The van der Waals surface area contributed by atoms with Gasteiger partial charge in [0.2, 0.25) is 0 Å². The number of rotatable bonds is 4. The van der Waals surface area contributed by atoms with Crippen LogP contribution in [0.1, 0.15) is 24.1 Å². The van der Waals surface area contributed by atoms with Crippen molar-refractivity contribution in [1.82, 2.24) is 0 Å². The largest absolute Gasteiger partial charge is 0.496 e. The summed E-state index contributed by atoms with van der Waals surface area (Å²) < 4.78 is 32.3. The minimum atomic E-state index is -0.330. The lowest BCUT2D eigenvalue weighted by Gasteiger charge is -2.20. The van der Waals surface area contributed by atoms with Crippen molar-refractivity contribution in [2.75, 3.05) is 12.4 Å². The molecule has 0 aromatic heterocycles. The van der Waals surface area contributed by atoms with Crippen LogP contribution in [0, 0.1) is 18.6 Å². The SMILES string of the molecule is COc1cccc(F)c1C(C)Nc1ccc(F)cc1C. The summed E-state index contributed by atoms with van der Waals surface area (Å²) in [4.78, 5) is 0. The number of anilines is 1. The summed E-state index contributed by atoms with van der Waals surface area (Å²) in [7, 11) is 1.51. The normalized spacial score (nSPS) is 12.1. The summed E-state index contributed by atoms with van der Waals surface area (Å²) in [6.07, 6.45) is 0. The van der Waals surface area contributed by atoms with Crippen molar-refractivity contribution in [1.29, 1.82) is 0 Å². The van der Waals surface area contributed by atoms with Gasteiger partial charge in [-0.25, -0.2) is 8.78 Å². The van der Waals surface area contributed by atoms with Crippen molar-refractivity contribution in [3.8, 4) is 5.75 Å². The van der Waals surface area contributed by atoms with Crippen LogP contribution in [0.4, 0.5) is 14.5 Å². The minimum absolute atomic E-state index is 0.288. The van der Waals surface area contributed by atoms with E-state index in [1.165, 1.54) is 25.3 Å². The number of hydrogen-bond acceptors (Lipinski definition) is 2. The number of aryl methyl sites for hydroxylation is 1. The van der Waals surface area contributed by atoms with E-state index in [9.17, 15) is 8.78 Å². The standard InChI is InChI=1S/C16H17F2NO/c1-10-9-12(17)7-8-14(10)19-11(2)16-13(18)5-4-6-15(16)20-3/h4-9,11,19H,1-3H3. The molecule has 20 heavy (non-hydrogen) atoms. The highest BCUT2D eigenvalue weighted by molar-refractivity contribution is 5.53. The molecule has 0 fully saturated rings. The lowest BCUT2D eigenvalue weighted by atomic mass is 10.1. The van der Waals surface area contributed by atoms with Crippen molar-refractivity contribution in [2.24, 2.45) is 0 Å². The summed E-state index contributed by atoms with van der Waals surface area (Å²) in [5, 5.41) is 3.18. The second-order valence-corrected chi connectivity index (χ2v) is 4.68. The minimum Gasteiger partial charge on any atom is -0.496 e. The molecule has 0 radical (unpaired) electrons. The van der Waals surface area contributed by atoms with E-state index in [2.05, 4.69) is 5.32 Å². The van der Waals surface area contributed by atoms with Crippen LogP contribution in [0.5, 0.6) is 5.75 Å². The van der Waals surface area contributed by atoms with Gasteiger partial charge in [-0.1, -0.05) is 6.07 Å². The highest BCUT2D eigenvalue weighted by atomic mass is 19.1. The Morgan fingerprint density at radius 2 is 1.90 bits per heavy atom. The highest BCUT2D eigenvalue weighted by Gasteiger charge is 2.16. The van der Waals surface area contributed by atoms with Crippen molar-refractivity contribution in [3.05, 3.63) is 59.2 Å². The number of nitrogens with one attached hydrogen (secondary N) is 1. The van der Waals surface area contributed by atoms with Gasteiger partial charge in [0.15, 0.2) is 0 Å². The molecule has 0 amide bonds. The molecule has 106 valence electrons. The van der Waals surface area contributed by atoms with Gasteiger partial charge < -0.3 is 10.1 Å². The Bertz CT molecular complexity index is 613. The number of benzene rings is 2. The van der Waals surface area contributed by atoms with Crippen LogP contribution >= 0.6 is 0 Å². The first kappa shape index (κ1) is 14.3. The van der Waals surface area contributed by atoms with E-state index in [4.69, 9.17) is 4.74 Å². The molecule has 0 bridgehead atoms. The quantitative estimate of drug-likeness (QED) is 0.891. The molecule has 2 nitrogen and oxygen atoms in total. The van der Waals surface area contributed by atoms with E-state index in [0.29, 0.717) is 11.3 Å². The third-order valence-corrected chi connectivity index (χ3v) is 3.23. The Labute approximate surface area is 117 Å². The molecule has 1 unspecified atom stereocenters. The summed E-state index contributed by atoms with van der Waals surface area (Å²) in [6.45, 7) is 3.64. The first-order valence-electron chi connectivity index (χ1n) is 6.38. The molecule has 0 spiro atoms. The fourth-order valence-electron chi connectivity index (χ4n) is 2.21. The summed E-state index contributed by atoms with van der Waals surface area (Å²) in [6, 6.07) is 8.88. The smallest absolute Gasteiger partial charge is 0.132 e. The molecule has 0 aliphatic rings. The topological polar surface area (TPSA) is 21.3 Å². The van der Waals surface area contributed by atoms with Gasteiger partial charge in [0, 0.05) is 5.69 Å². The molecule has 2 rings (SSSR count). The third-order valence-electron chi connectivity index (χ3n) is 3.23. The van der Waals surface area contributed by atoms with Crippen LogP contribution in [0.15, 0.2) is 36.4 Å². The Hall–Kier alpha value is -2.10. The maximum Gasteiger partial charge on any atom is 0.132 e. The van der Waals surface area contributed by atoms with Gasteiger partial charge in [0.1, 0.15) is 17.4 Å². The van der Waals surface area contributed by atoms with Crippen LogP contribution < -0.4 is 10.1 Å². The summed E-state index contributed by atoms with van der Waals surface area (Å²) in [5.74, 6) is -0.127. The van der Waals surface area contributed by atoms with Gasteiger partial charge in [-0.05, 0) is 49.7 Å². The molecule has 2 aromatic rings. The predicted molar refractivity (Wildman–Crippen MR) is 76.1 cm³/mol. The third kappa shape index (κ3) is 2.90. The maximum atomic E-state index is 14.0. The predicted octanol–water partition coefficient (Wildman–Crippen LogP) is 4.45. The van der Waals surface area contributed by atoms with Crippen LogP contribution in [0.3, 0.4) is 0 Å². The lowest BCUT2D eigenvalue weighted by molar-refractivity contribution is 0.402. The van der Waals surface area contributed by atoms with Crippen molar-refractivity contribution < 1.29 is 13.5 Å². The Balaban J connectivity index is 2.30. The van der Waals surface area contributed by atoms with Crippen LogP contribution in [0.25, 0.3) is 0 Å². The van der Waals surface area contributed by atoms with Gasteiger partial charge >= 0.3 is 0 Å².